The van der Waals surface area contributed by atoms with Crippen LogP contribution in [0.25, 0.3) is 0 Å². The van der Waals surface area contributed by atoms with Gasteiger partial charge in [-0.15, -0.1) is 0 Å². The van der Waals surface area contributed by atoms with Crippen LogP contribution < -0.4 is 4.74 Å². The lowest BCUT2D eigenvalue weighted by molar-refractivity contribution is 0.0797. The fourth-order valence-electron chi connectivity index (χ4n) is 3.06. The molecule has 0 bridgehead atoms. The molecule has 6 nitrogen and oxygen atoms in total. The number of ketones is 2. The highest BCUT2D eigenvalue weighted by molar-refractivity contribution is 6.19. The van der Waals surface area contributed by atoms with Crippen molar-refractivity contribution < 1.29 is 14.3 Å². The fraction of sp³-hybridized carbons (Fsp3) is 0.375. The van der Waals surface area contributed by atoms with Crippen LogP contribution in [0, 0.1) is 12.8 Å². The maximum Gasteiger partial charge on any atom is 0.207 e. The number of hydrogen-bond acceptors (Lipinski definition) is 6. The molecule has 22 heavy (non-hydrogen) atoms. The van der Waals surface area contributed by atoms with Crippen LogP contribution in [-0.4, -0.2) is 54.9 Å². The second kappa shape index (κ2) is 5.05. The Morgan fingerprint density at radius 3 is 2.59 bits per heavy atom. The van der Waals surface area contributed by atoms with Gasteiger partial charge in [-0.05, 0) is 13.0 Å². The van der Waals surface area contributed by atoms with E-state index in [4.69, 9.17) is 4.74 Å². The van der Waals surface area contributed by atoms with E-state index in [1.54, 1.807) is 19.2 Å². The van der Waals surface area contributed by atoms with Gasteiger partial charge in [0.15, 0.2) is 5.78 Å². The molecule has 0 radical (unpaired) electrons. The zero-order chi connectivity index (χ0) is 16.0. The van der Waals surface area contributed by atoms with Crippen molar-refractivity contribution in [3.63, 3.8) is 0 Å². The largest absolute Gasteiger partial charge is 0.495 e. The first-order valence-corrected chi connectivity index (χ1v) is 7.00. The van der Waals surface area contributed by atoms with Gasteiger partial charge in [0, 0.05) is 31.6 Å². The molecular weight excluding hydrogens is 282 g/mol. The zero-order valence-corrected chi connectivity index (χ0v) is 13.0. The molecule has 1 aliphatic carbocycles. The van der Waals surface area contributed by atoms with Crippen LogP contribution >= 0.6 is 0 Å². The molecule has 0 spiro atoms. The van der Waals surface area contributed by atoms with Gasteiger partial charge in [0.1, 0.15) is 17.5 Å². The smallest absolute Gasteiger partial charge is 0.207 e. The van der Waals surface area contributed by atoms with Crippen molar-refractivity contribution in [2.45, 2.75) is 13.0 Å². The number of rotatable bonds is 2. The van der Waals surface area contributed by atoms with E-state index in [0.717, 1.165) is 5.70 Å². The second-order valence-corrected chi connectivity index (χ2v) is 5.61. The Labute approximate surface area is 128 Å². The van der Waals surface area contributed by atoms with Crippen molar-refractivity contribution in [1.82, 2.24) is 9.88 Å². The minimum absolute atomic E-state index is 0.125. The van der Waals surface area contributed by atoms with E-state index < -0.39 is 12.0 Å². The third-order valence-corrected chi connectivity index (χ3v) is 4.19. The Morgan fingerprint density at radius 1 is 1.23 bits per heavy atom. The number of allylic oxidation sites excluding steroid dienone is 1. The summed E-state index contributed by atoms with van der Waals surface area (Å²) < 4.78 is 5.22. The topological polar surface area (TPSA) is 71.9 Å². The standard InChI is InChI=1S/C16H17N3O3/c1-8-10(22-4)7-18-13-11(8)15(20)12-9(19(2)3)5-6-17-14(12)16(13)21/h5-7,12,14H,1-4H3. The molecule has 0 saturated carbocycles. The van der Waals surface area contributed by atoms with Crippen LogP contribution in [0.5, 0.6) is 5.75 Å². The molecule has 0 amide bonds. The quantitative estimate of drug-likeness (QED) is 0.823. The monoisotopic (exact) mass is 299 g/mol. The van der Waals surface area contributed by atoms with Gasteiger partial charge in [0.25, 0.3) is 0 Å². The van der Waals surface area contributed by atoms with Crippen molar-refractivity contribution in [1.29, 1.82) is 0 Å². The first-order valence-electron chi connectivity index (χ1n) is 7.00. The van der Waals surface area contributed by atoms with Crippen LogP contribution in [0.15, 0.2) is 23.0 Å². The van der Waals surface area contributed by atoms with E-state index in [1.165, 1.54) is 13.3 Å². The Morgan fingerprint density at radius 2 is 1.95 bits per heavy atom. The van der Waals surface area contributed by atoms with Crippen LogP contribution in [-0.2, 0) is 0 Å². The van der Waals surface area contributed by atoms with E-state index in [1.807, 2.05) is 19.0 Å². The SMILES string of the molecule is COc1cnc2c(c1C)C(=O)C1C(N(C)C)=CC=NC1C2=O. The molecule has 0 aromatic carbocycles. The summed E-state index contributed by atoms with van der Waals surface area (Å²) in [5.41, 5.74) is 1.99. The molecule has 1 aromatic heterocycles. The third kappa shape index (κ3) is 1.87. The fourth-order valence-corrected chi connectivity index (χ4v) is 3.06. The summed E-state index contributed by atoms with van der Waals surface area (Å²) in [6, 6.07) is -0.720. The minimum Gasteiger partial charge on any atom is -0.495 e. The maximum atomic E-state index is 13.0. The molecule has 2 atom stereocenters. The number of ether oxygens (including phenoxy) is 1. The van der Waals surface area contributed by atoms with Crippen molar-refractivity contribution in [3.8, 4) is 5.75 Å². The van der Waals surface area contributed by atoms with E-state index in [-0.39, 0.29) is 17.3 Å². The predicted octanol–water partition coefficient (Wildman–Crippen LogP) is 1.29. The number of carbonyl (C=O) groups is 2. The first-order chi connectivity index (χ1) is 10.5. The van der Waals surface area contributed by atoms with Crippen LogP contribution in [0.2, 0.25) is 0 Å². The van der Waals surface area contributed by atoms with Gasteiger partial charge in [0.2, 0.25) is 5.78 Å². The Kier molecular flexibility index (Phi) is 3.31. The molecule has 6 heteroatoms. The Hall–Kier alpha value is -2.50. The number of aromatic nitrogens is 1. The minimum atomic E-state index is -0.720. The van der Waals surface area contributed by atoms with E-state index in [2.05, 4.69) is 9.98 Å². The number of aliphatic imine (C=N–C) groups is 1. The molecule has 0 saturated heterocycles. The number of pyridine rings is 1. The summed E-state index contributed by atoms with van der Waals surface area (Å²) in [4.78, 5) is 35.9. The second-order valence-electron chi connectivity index (χ2n) is 5.61. The van der Waals surface area contributed by atoms with Crippen molar-refractivity contribution in [2.24, 2.45) is 10.9 Å². The van der Waals surface area contributed by atoms with Gasteiger partial charge in [-0.2, -0.15) is 0 Å². The molecule has 0 fully saturated rings. The van der Waals surface area contributed by atoms with E-state index in [0.29, 0.717) is 16.9 Å². The number of dihydropyridines is 1. The number of carbonyl (C=O) groups excluding carboxylic acids is 2. The predicted molar refractivity (Wildman–Crippen MR) is 81.7 cm³/mol. The lowest BCUT2D eigenvalue weighted by Gasteiger charge is -2.34. The molecule has 3 rings (SSSR count). The van der Waals surface area contributed by atoms with Crippen molar-refractivity contribution >= 4 is 17.8 Å². The Bertz CT molecular complexity index is 734. The molecule has 2 heterocycles. The Balaban J connectivity index is 2.21. The number of methoxy groups -OCH3 is 1. The summed E-state index contributed by atoms with van der Waals surface area (Å²) >= 11 is 0. The molecule has 114 valence electrons. The summed E-state index contributed by atoms with van der Waals surface area (Å²) in [6.45, 7) is 1.77. The molecular formula is C16H17N3O3. The lowest BCUT2D eigenvalue weighted by Crippen LogP contribution is -2.45. The molecule has 1 aromatic rings. The van der Waals surface area contributed by atoms with Crippen LogP contribution in [0.4, 0.5) is 0 Å². The van der Waals surface area contributed by atoms with Crippen molar-refractivity contribution in [2.75, 3.05) is 21.2 Å². The average molecular weight is 299 g/mol. The van der Waals surface area contributed by atoms with Gasteiger partial charge < -0.3 is 9.64 Å². The van der Waals surface area contributed by atoms with E-state index >= 15 is 0 Å². The maximum absolute atomic E-state index is 13.0. The number of nitrogens with zero attached hydrogens (tertiary/aromatic N) is 3. The van der Waals surface area contributed by atoms with Gasteiger partial charge in [-0.25, -0.2) is 4.98 Å². The zero-order valence-electron chi connectivity index (χ0n) is 13.0. The molecule has 0 N–H and O–H groups in total. The lowest BCUT2D eigenvalue weighted by atomic mass is 9.76. The summed E-state index contributed by atoms with van der Waals surface area (Å²) in [6.07, 6.45) is 4.85. The number of Topliss-reactive ketones (excluding diaryl/α,β-unsaturated/α-hetero) is 2. The van der Waals surface area contributed by atoms with E-state index in [9.17, 15) is 9.59 Å². The number of hydrogen-bond donors (Lipinski definition) is 0. The summed E-state index contributed by atoms with van der Waals surface area (Å²) in [5, 5.41) is 0. The summed E-state index contributed by atoms with van der Waals surface area (Å²) in [5.74, 6) is -0.421. The van der Waals surface area contributed by atoms with Gasteiger partial charge in [-0.3, -0.25) is 14.6 Å². The average Bonchev–Trinajstić information content (AvgIpc) is 2.51. The third-order valence-electron chi connectivity index (χ3n) is 4.19. The molecule has 1 aliphatic heterocycles. The normalized spacial score (nSPS) is 22.8. The highest BCUT2D eigenvalue weighted by Crippen LogP contribution is 2.37. The molecule has 2 aliphatic rings. The molecule has 2 unspecified atom stereocenters. The van der Waals surface area contributed by atoms with Crippen LogP contribution in [0.3, 0.4) is 0 Å². The van der Waals surface area contributed by atoms with Crippen LogP contribution in [0.1, 0.15) is 26.4 Å². The summed E-state index contributed by atoms with van der Waals surface area (Å²) in [7, 11) is 5.22. The highest BCUT2D eigenvalue weighted by atomic mass is 16.5. The van der Waals surface area contributed by atoms with Crippen molar-refractivity contribution in [3.05, 3.63) is 34.8 Å². The first kappa shape index (κ1) is 14.4. The van der Waals surface area contributed by atoms with Gasteiger partial charge in [-0.1, -0.05) is 0 Å². The highest BCUT2D eigenvalue weighted by Gasteiger charge is 2.46. The van der Waals surface area contributed by atoms with Gasteiger partial charge in [0.05, 0.1) is 24.8 Å². The number of fused-ring (bicyclic) bond motifs is 2. The van der Waals surface area contributed by atoms with Gasteiger partial charge >= 0.3 is 0 Å².